The third kappa shape index (κ3) is 5.16. The Kier molecular flexibility index (Phi) is 6.32. The smallest absolute Gasteiger partial charge is 0.0897 e. The summed E-state index contributed by atoms with van der Waals surface area (Å²) in [5, 5.41) is 17.1. The second kappa shape index (κ2) is 7.51. The van der Waals surface area contributed by atoms with Crippen molar-refractivity contribution in [1.29, 1.82) is 0 Å². The molecule has 0 aromatic carbocycles. The van der Waals surface area contributed by atoms with Crippen molar-refractivity contribution >= 4 is 0 Å². The summed E-state index contributed by atoms with van der Waals surface area (Å²) in [5.41, 5.74) is 2.31. The van der Waals surface area contributed by atoms with Gasteiger partial charge < -0.3 is 15.2 Å². The quantitative estimate of drug-likeness (QED) is 0.723. The van der Waals surface area contributed by atoms with Gasteiger partial charge in [0.15, 0.2) is 0 Å². The minimum atomic E-state index is -0.458. The largest absolute Gasteiger partial charge is 0.389 e. The molecule has 0 spiro atoms. The van der Waals surface area contributed by atoms with Gasteiger partial charge in [0.05, 0.1) is 18.9 Å². The average Bonchev–Trinajstić information content (AvgIpc) is 2.60. The fraction of sp³-hybridized carbons (Fsp3) is 0.769. The Morgan fingerprint density at radius 1 is 1.44 bits per heavy atom. The highest BCUT2D eigenvalue weighted by Gasteiger charge is 2.07. The lowest BCUT2D eigenvalue weighted by molar-refractivity contribution is 0.0260. The highest BCUT2D eigenvalue weighted by atomic mass is 16.5. The summed E-state index contributed by atoms with van der Waals surface area (Å²) in [6.45, 7) is 8.56. The van der Waals surface area contributed by atoms with E-state index < -0.39 is 6.10 Å². The van der Waals surface area contributed by atoms with Crippen molar-refractivity contribution in [2.45, 2.75) is 33.4 Å². The van der Waals surface area contributed by atoms with E-state index in [0.29, 0.717) is 25.7 Å². The van der Waals surface area contributed by atoms with Crippen LogP contribution in [0.5, 0.6) is 0 Å². The number of aliphatic hydroxyl groups is 1. The predicted octanol–water partition coefficient (Wildman–Crippen LogP) is 0.852. The molecule has 0 radical (unpaired) electrons. The maximum atomic E-state index is 9.71. The lowest BCUT2D eigenvalue weighted by Crippen LogP contribution is -2.30. The molecule has 0 aliphatic rings. The summed E-state index contributed by atoms with van der Waals surface area (Å²) in [5.74, 6) is 0.503. The van der Waals surface area contributed by atoms with Crippen LogP contribution in [0.3, 0.4) is 0 Å². The summed E-state index contributed by atoms with van der Waals surface area (Å²) in [6, 6.07) is 0. The molecule has 1 aromatic heterocycles. The lowest BCUT2D eigenvalue weighted by Gasteiger charge is -2.13. The van der Waals surface area contributed by atoms with E-state index in [1.807, 2.05) is 24.9 Å². The highest BCUT2D eigenvalue weighted by molar-refractivity contribution is 5.15. The van der Waals surface area contributed by atoms with Gasteiger partial charge in [-0.1, -0.05) is 13.8 Å². The van der Waals surface area contributed by atoms with E-state index in [1.54, 1.807) is 0 Å². The van der Waals surface area contributed by atoms with Gasteiger partial charge in [0.1, 0.15) is 0 Å². The average molecular weight is 255 g/mol. The number of aryl methyl sites for hydroxylation is 1. The van der Waals surface area contributed by atoms with Gasteiger partial charge in [-0.15, -0.1) is 0 Å². The molecule has 0 saturated carbocycles. The van der Waals surface area contributed by atoms with Crippen molar-refractivity contribution < 1.29 is 9.84 Å². The van der Waals surface area contributed by atoms with Crippen LogP contribution in [-0.2, 0) is 18.3 Å². The van der Waals surface area contributed by atoms with Crippen molar-refractivity contribution in [1.82, 2.24) is 15.1 Å². The van der Waals surface area contributed by atoms with Gasteiger partial charge in [0.2, 0.25) is 0 Å². The number of aromatic nitrogens is 2. The molecule has 0 saturated heterocycles. The van der Waals surface area contributed by atoms with Gasteiger partial charge >= 0.3 is 0 Å². The number of hydrogen-bond acceptors (Lipinski definition) is 4. The molecule has 0 aliphatic heterocycles. The van der Waals surface area contributed by atoms with Gasteiger partial charge in [-0.2, -0.15) is 5.10 Å². The van der Waals surface area contributed by atoms with Crippen LogP contribution < -0.4 is 5.32 Å². The van der Waals surface area contributed by atoms with Crippen LogP contribution in [0.15, 0.2) is 6.20 Å². The predicted molar refractivity (Wildman–Crippen MR) is 71.3 cm³/mol. The van der Waals surface area contributed by atoms with E-state index in [9.17, 15) is 5.11 Å². The minimum absolute atomic E-state index is 0.386. The monoisotopic (exact) mass is 255 g/mol. The molecule has 1 atom stereocenters. The van der Waals surface area contributed by atoms with E-state index in [4.69, 9.17) is 4.74 Å². The second-order valence-electron chi connectivity index (χ2n) is 5.09. The van der Waals surface area contributed by atoms with E-state index in [2.05, 4.69) is 24.3 Å². The first-order valence-electron chi connectivity index (χ1n) is 6.44. The van der Waals surface area contributed by atoms with Gasteiger partial charge in [0, 0.05) is 38.0 Å². The summed E-state index contributed by atoms with van der Waals surface area (Å²) >= 11 is 0. The van der Waals surface area contributed by atoms with Gasteiger partial charge in [-0.05, 0) is 12.8 Å². The Bertz CT molecular complexity index is 350. The Balaban J connectivity index is 2.15. The van der Waals surface area contributed by atoms with E-state index >= 15 is 0 Å². The number of aliphatic hydroxyl groups excluding tert-OH is 1. The summed E-state index contributed by atoms with van der Waals surface area (Å²) in [6.07, 6.45) is 1.39. The Labute approximate surface area is 109 Å². The zero-order chi connectivity index (χ0) is 13.5. The molecule has 0 aliphatic carbocycles. The van der Waals surface area contributed by atoms with Crippen molar-refractivity contribution in [3.05, 3.63) is 17.5 Å². The summed E-state index contributed by atoms with van der Waals surface area (Å²) in [7, 11) is 1.92. The van der Waals surface area contributed by atoms with Crippen LogP contribution in [0.25, 0.3) is 0 Å². The summed E-state index contributed by atoms with van der Waals surface area (Å²) in [4.78, 5) is 0. The first-order valence-corrected chi connectivity index (χ1v) is 6.44. The van der Waals surface area contributed by atoms with Crippen molar-refractivity contribution in [3.63, 3.8) is 0 Å². The SMILES string of the molecule is Cc1c(CNCC(O)COCC(C)C)cnn1C. The molecule has 5 heteroatoms. The Hall–Kier alpha value is -0.910. The first-order chi connectivity index (χ1) is 8.50. The number of nitrogens with one attached hydrogen (secondary N) is 1. The van der Waals surface area contributed by atoms with Crippen molar-refractivity contribution in [2.24, 2.45) is 13.0 Å². The first kappa shape index (κ1) is 15.1. The maximum Gasteiger partial charge on any atom is 0.0897 e. The molecular weight excluding hydrogens is 230 g/mol. The molecule has 1 heterocycles. The molecule has 0 amide bonds. The van der Waals surface area contributed by atoms with E-state index in [1.165, 1.54) is 0 Å². The molecule has 1 unspecified atom stereocenters. The zero-order valence-electron chi connectivity index (χ0n) is 11.8. The Morgan fingerprint density at radius 2 is 2.17 bits per heavy atom. The summed E-state index contributed by atoms with van der Waals surface area (Å²) < 4.78 is 7.23. The minimum Gasteiger partial charge on any atom is -0.389 e. The number of hydrogen-bond donors (Lipinski definition) is 2. The number of ether oxygens (including phenoxy) is 1. The molecule has 1 aromatic rings. The highest BCUT2D eigenvalue weighted by Crippen LogP contribution is 2.04. The molecular formula is C13H25N3O2. The van der Waals surface area contributed by atoms with Crippen molar-refractivity contribution in [3.8, 4) is 0 Å². The normalized spacial score (nSPS) is 13.2. The molecule has 1 rings (SSSR count). The third-order valence-electron chi connectivity index (χ3n) is 2.79. The third-order valence-corrected chi connectivity index (χ3v) is 2.79. The van der Waals surface area contributed by atoms with Gasteiger partial charge in [-0.25, -0.2) is 0 Å². The van der Waals surface area contributed by atoms with Crippen LogP contribution in [0.1, 0.15) is 25.1 Å². The Morgan fingerprint density at radius 3 is 2.72 bits per heavy atom. The zero-order valence-corrected chi connectivity index (χ0v) is 11.8. The number of nitrogens with zero attached hydrogens (tertiary/aromatic N) is 2. The fourth-order valence-electron chi connectivity index (χ4n) is 1.59. The van der Waals surface area contributed by atoms with Gasteiger partial charge in [-0.3, -0.25) is 4.68 Å². The lowest BCUT2D eigenvalue weighted by atomic mass is 10.2. The molecule has 0 fully saturated rings. The molecule has 104 valence electrons. The standard InChI is InChI=1S/C13H25N3O2/c1-10(2)8-18-9-13(17)7-14-5-12-6-15-16(4)11(12)3/h6,10,13-14,17H,5,7-9H2,1-4H3. The number of rotatable bonds is 8. The fourth-order valence-corrected chi connectivity index (χ4v) is 1.59. The second-order valence-corrected chi connectivity index (χ2v) is 5.09. The molecule has 0 bridgehead atoms. The van der Waals surface area contributed by atoms with Crippen molar-refractivity contribution in [2.75, 3.05) is 19.8 Å². The van der Waals surface area contributed by atoms with Crippen LogP contribution >= 0.6 is 0 Å². The van der Waals surface area contributed by atoms with Crippen LogP contribution in [0.4, 0.5) is 0 Å². The molecule has 18 heavy (non-hydrogen) atoms. The maximum absolute atomic E-state index is 9.71. The van der Waals surface area contributed by atoms with Crippen LogP contribution in [0.2, 0.25) is 0 Å². The van der Waals surface area contributed by atoms with E-state index in [0.717, 1.165) is 17.8 Å². The van der Waals surface area contributed by atoms with E-state index in [-0.39, 0.29) is 0 Å². The topological polar surface area (TPSA) is 59.3 Å². The molecule has 2 N–H and O–H groups in total. The van der Waals surface area contributed by atoms with Crippen LogP contribution in [-0.4, -0.2) is 40.7 Å². The molecule has 5 nitrogen and oxygen atoms in total. The van der Waals surface area contributed by atoms with Gasteiger partial charge in [0.25, 0.3) is 0 Å². The van der Waals surface area contributed by atoms with Crippen LogP contribution in [0, 0.1) is 12.8 Å².